The molecule has 0 bridgehead atoms. The van der Waals surface area contributed by atoms with Crippen LogP contribution >= 0.6 is 0 Å². The first-order chi connectivity index (χ1) is 8.63. The summed E-state index contributed by atoms with van der Waals surface area (Å²) in [7, 11) is 0. The molecule has 102 valence electrons. The van der Waals surface area contributed by atoms with Crippen LogP contribution in [0.1, 0.15) is 63.3 Å². The first-order valence-electron chi connectivity index (χ1n) is 7.23. The number of aryl methyl sites for hydroxylation is 2. The van der Waals surface area contributed by atoms with Gasteiger partial charge in [-0.05, 0) is 37.9 Å². The number of nitrogens with one attached hydrogen (secondary N) is 1. The van der Waals surface area contributed by atoms with E-state index in [1.54, 1.807) is 0 Å². The molecule has 0 saturated carbocycles. The largest absolute Gasteiger partial charge is 0.317 e. The predicted molar refractivity (Wildman–Crippen MR) is 77.1 cm³/mol. The van der Waals surface area contributed by atoms with Gasteiger partial charge in [0.1, 0.15) is 5.82 Å². The fourth-order valence-electron chi connectivity index (χ4n) is 2.12. The van der Waals surface area contributed by atoms with E-state index < -0.39 is 0 Å². The third-order valence-corrected chi connectivity index (χ3v) is 3.18. The van der Waals surface area contributed by atoms with Crippen molar-refractivity contribution in [3.63, 3.8) is 0 Å². The van der Waals surface area contributed by atoms with Gasteiger partial charge in [0, 0.05) is 17.3 Å². The quantitative estimate of drug-likeness (QED) is 0.755. The number of hydrogen-bond donors (Lipinski definition) is 1. The molecule has 0 aromatic carbocycles. The van der Waals surface area contributed by atoms with E-state index in [1.807, 2.05) is 0 Å². The fourth-order valence-corrected chi connectivity index (χ4v) is 2.12. The Bertz CT molecular complexity index is 347. The Labute approximate surface area is 111 Å². The van der Waals surface area contributed by atoms with Crippen LogP contribution in [0, 0.1) is 0 Å². The summed E-state index contributed by atoms with van der Waals surface area (Å²) in [5.74, 6) is 1.40. The highest BCUT2D eigenvalue weighted by molar-refractivity contribution is 5.27. The second-order valence-corrected chi connectivity index (χ2v) is 4.92. The SMILES string of the molecule is CCNCCc1c(CC)nc(C(C)C)nc1CC. The van der Waals surface area contributed by atoms with Crippen molar-refractivity contribution in [1.29, 1.82) is 0 Å². The van der Waals surface area contributed by atoms with Crippen LogP contribution in [0.2, 0.25) is 0 Å². The van der Waals surface area contributed by atoms with Gasteiger partial charge in [-0.2, -0.15) is 0 Å². The predicted octanol–water partition coefficient (Wildman–Crippen LogP) is 2.88. The topological polar surface area (TPSA) is 37.8 Å². The molecule has 0 radical (unpaired) electrons. The molecule has 0 amide bonds. The van der Waals surface area contributed by atoms with Gasteiger partial charge in [0.05, 0.1) is 0 Å². The standard InChI is InChI=1S/C15H27N3/c1-6-13-12(9-10-16-8-3)14(7-2)18-15(17-13)11(4)5/h11,16H,6-10H2,1-5H3. The van der Waals surface area contributed by atoms with E-state index in [0.29, 0.717) is 5.92 Å². The molecule has 0 saturated heterocycles. The molecule has 1 rings (SSSR count). The van der Waals surface area contributed by atoms with Gasteiger partial charge >= 0.3 is 0 Å². The van der Waals surface area contributed by atoms with E-state index in [9.17, 15) is 0 Å². The highest BCUT2D eigenvalue weighted by Crippen LogP contribution is 2.18. The minimum atomic E-state index is 0.406. The fraction of sp³-hybridized carbons (Fsp3) is 0.733. The molecule has 0 aliphatic rings. The number of likely N-dealkylation sites (N-methyl/N-ethyl adjacent to an activating group) is 1. The van der Waals surface area contributed by atoms with Gasteiger partial charge in [0.2, 0.25) is 0 Å². The number of hydrogen-bond acceptors (Lipinski definition) is 3. The molecule has 1 N–H and O–H groups in total. The second kappa shape index (κ2) is 7.47. The number of rotatable bonds is 7. The normalized spacial score (nSPS) is 11.2. The highest BCUT2D eigenvalue weighted by atomic mass is 14.9. The maximum absolute atomic E-state index is 4.74. The van der Waals surface area contributed by atoms with Gasteiger partial charge < -0.3 is 5.32 Å². The van der Waals surface area contributed by atoms with Crippen LogP contribution in [0.3, 0.4) is 0 Å². The van der Waals surface area contributed by atoms with Gasteiger partial charge in [-0.25, -0.2) is 9.97 Å². The Balaban J connectivity index is 3.05. The van der Waals surface area contributed by atoms with Crippen LogP contribution in [0.4, 0.5) is 0 Å². The molecule has 0 atom stereocenters. The van der Waals surface area contributed by atoms with Gasteiger partial charge in [0.25, 0.3) is 0 Å². The lowest BCUT2D eigenvalue weighted by Gasteiger charge is -2.15. The van der Waals surface area contributed by atoms with E-state index in [4.69, 9.17) is 9.97 Å². The molecule has 1 aromatic rings. The molecule has 1 heterocycles. The lowest BCUT2D eigenvalue weighted by atomic mass is 10.0. The van der Waals surface area contributed by atoms with Crippen molar-refractivity contribution >= 4 is 0 Å². The maximum atomic E-state index is 4.74. The monoisotopic (exact) mass is 249 g/mol. The van der Waals surface area contributed by atoms with Gasteiger partial charge in [-0.15, -0.1) is 0 Å². The van der Waals surface area contributed by atoms with Crippen LogP contribution in [0.15, 0.2) is 0 Å². The Morgan fingerprint density at radius 2 is 1.56 bits per heavy atom. The maximum Gasteiger partial charge on any atom is 0.131 e. The Hall–Kier alpha value is -0.960. The zero-order chi connectivity index (χ0) is 13.5. The Morgan fingerprint density at radius 1 is 1.00 bits per heavy atom. The summed E-state index contributed by atoms with van der Waals surface area (Å²) < 4.78 is 0. The third-order valence-electron chi connectivity index (χ3n) is 3.18. The minimum Gasteiger partial charge on any atom is -0.317 e. The summed E-state index contributed by atoms with van der Waals surface area (Å²) in [5.41, 5.74) is 3.84. The summed E-state index contributed by atoms with van der Waals surface area (Å²) in [6.07, 6.45) is 3.03. The molecule has 18 heavy (non-hydrogen) atoms. The first-order valence-corrected chi connectivity index (χ1v) is 7.23. The molecule has 0 aliphatic carbocycles. The van der Waals surface area contributed by atoms with Crippen LogP contribution in [0.5, 0.6) is 0 Å². The lowest BCUT2D eigenvalue weighted by Crippen LogP contribution is -2.19. The van der Waals surface area contributed by atoms with Crippen molar-refractivity contribution in [1.82, 2.24) is 15.3 Å². The zero-order valence-electron chi connectivity index (χ0n) is 12.5. The van der Waals surface area contributed by atoms with Crippen LogP contribution < -0.4 is 5.32 Å². The van der Waals surface area contributed by atoms with Crippen molar-refractivity contribution in [2.24, 2.45) is 0 Å². The molecule has 0 spiro atoms. The molecule has 3 nitrogen and oxygen atoms in total. The molecule has 0 unspecified atom stereocenters. The highest BCUT2D eigenvalue weighted by Gasteiger charge is 2.13. The Morgan fingerprint density at radius 3 is 1.94 bits per heavy atom. The van der Waals surface area contributed by atoms with E-state index in [1.165, 1.54) is 17.0 Å². The van der Waals surface area contributed by atoms with E-state index in [-0.39, 0.29) is 0 Å². The average molecular weight is 249 g/mol. The van der Waals surface area contributed by atoms with Gasteiger partial charge in [-0.1, -0.05) is 34.6 Å². The molecule has 1 aromatic heterocycles. The van der Waals surface area contributed by atoms with Crippen LogP contribution in [-0.2, 0) is 19.3 Å². The molecule has 0 fully saturated rings. The van der Waals surface area contributed by atoms with E-state index in [0.717, 1.165) is 38.2 Å². The van der Waals surface area contributed by atoms with E-state index in [2.05, 4.69) is 39.9 Å². The smallest absolute Gasteiger partial charge is 0.131 e. The van der Waals surface area contributed by atoms with Crippen LogP contribution in [-0.4, -0.2) is 23.1 Å². The molecule has 0 aliphatic heterocycles. The summed E-state index contributed by atoms with van der Waals surface area (Å²) >= 11 is 0. The summed E-state index contributed by atoms with van der Waals surface area (Å²) in [5, 5.41) is 3.38. The minimum absolute atomic E-state index is 0.406. The van der Waals surface area contributed by atoms with Crippen LogP contribution in [0.25, 0.3) is 0 Å². The first kappa shape index (κ1) is 15.1. The van der Waals surface area contributed by atoms with Crippen molar-refractivity contribution in [3.8, 4) is 0 Å². The van der Waals surface area contributed by atoms with Gasteiger partial charge in [0.15, 0.2) is 0 Å². The van der Waals surface area contributed by atoms with Crippen molar-refractivity contribution in [2.45, 2.75) is 59.8 Å². The molecule has 3 heteroatoms. The summed E-state index contributed by atoms with van der Waals surface area (Å²) in [4.78, 5) is 9.48. The van der Waals surface area contributed by atoms with Gasteiger partial charge in [-0.3, -0.25) is 0 Å². The molecular formula is C15H27N3. The average Bonchev–Trinajstić information content (AvgIpc) is 2.38. The summed E-state index contributed by atoms with van der Waals surface area (Å²) in [6, 6.07) is 0. The number of nitrogens with zero attached hydrogens (tertiary/aromatic N) is 2. The second-order valence-electron chi connectivity index (χ2n) is 4.92. The Kier molecular flexibility index (Phi) is 6.27. The summed E-state index contributed by atoms with van der Waals surface area (Å²) in [6.45, 7) is 12.9. The zero-order valence-corrected chi connectivity index (χ0v) is 12.5. The van der Waals surface area contributed by atoms with Crippen molar-refractivity contribution in [2.75, 3.05) is 13.1 Å². The number of aromatic nitrogens is 2. The van der Waals surface area contributed by atoms with E-state index >= 15 is 0 Å². The molecular weight excluding hydrogens is 222 g/mol. The third kappa shape index (κ3) is 3.77. The van der Waals surface area contributed by atoms with Crippen molar-refractivity contribution < 1.29 is 0 Å². The van der Waals surface area contributed by atoms with Crippen molar-refractivity contribution in [3.05, 3.63) is 22.8 Å². The lowest BCUT2D eigenvalue weighted by molar-refractivity contribution is 0.685.